The second kappa shape index (κ2) is 7.02. The molecule has 1 heterocycles. The van der Waals surface area contributed by atoms with Crippen LogP contribution in [0.25, 0.3) is 11.4 Å². The zero-order valence-electron chi connectivity index (χ0n) is 11.8. The van der Waals surface area contributed by atoms with Crippen LogP contribution in [0, 0.1) is 5.82 Å². The molecule has 0 bridgehead atoms. The number of nitrogens with zero attached hydrogens (tertiary/aromatic N) is 3. The van der Waals surface area contributed by atoms with Crippen LogP contribution in [0.1, 0.15) is 11.5 Å². The van der Waals surface area contributed by atoms with E-state index in [-0.39, 0.29) is 18.3 Å². The van der Waals surface area contributed by atoms with Gasteiger partial charge in [-0.05, 0) is 30.3 Å². The van der Waals surface area contributed by atoms with Crippen LogP contribution in [0.15, 0.2) is 58.2 Å². The summed E-state index contributed by atoms with van der Waals surface area (Å²) in [6, 6.07) is 13.3. The third-order valence-electron chi connectivity index (χ3n) is 2.93. The van der Waals surface area contributed by atoms with Gasteiger partial charge in [0, 0.05) is 16.1 Å². The Labute approximate surface area is 136 Å². The first-order valence-electron chi connectivity index (χ1n) is 6.71. The summed E-state index contributed by atoms with van der Waals surface area (Å²) in [7, 11) is 0. The fourth-order valence-electron chi connectivity index (χ4n) is 1.80. The van der Waals surface area contributed by atoms with Crippen LogP contribution in [0.4, 0.5) is 4.39 Å². The van der Waals surface area contributed by atoms with Gasteiger partial charge in [-0.15, -0.1) is 0 Å². The van der Waals surface area contributed by atoms with Crippen molar-refractivity contribution >= 4 is 17.8 Å². The van der Waals surface area contributed by atoms with Crippen LogP contribution in [0.2, 0.25) is 5.02 Å². The summed E-state index contributed by atoms with van der Waals surface area (Å²) < 4.78 is 18.4. The lowest BCUT2D eigenvalue weighted by molar-refractivity contribution is 0.107. The number of aromatic nitrogens is 2. The first kappa shape index (κ1) is 15.2. The summed E-state index contributed by atoms with van der Waals surface area (Å²) in [5.41, 5.74) is 1.11. The summed E-state index contributed by atoms with van der Waals surface area (Å²) in [4.78, 5) is 9.21. The summed E-state index contributed by atoms with van der Waals surface area (Å²) in [5.74, 6) is 0.321. The zero-order valence-corrected chi connectivity index (χ0v) is 12.6. The maximum Gasteiger partial charge on any atom is 0.267 e. The van der Waals surface area contributed by atoms with E-state index in [4.69, 9.17) is 21.0 Å². The Kier molecular flexibility index (Phi) is 4.63. The van der Waals surface area contributed by atoms with Gasteiger partial charge in [-0.3, -0.25) is 0 Å². The van der Waals surface area contributed by atoms with E-state index >= 15 is 0 Å². The topological polar surface area (TPSA) is 60.5 Å². The number of rotatable bonds is 5. The normalized spacial score (nSPS) is 11.0. The van der Waals surface area contributed by atoms with E-state index in [1.165, 1.54) is 12.3 Å². The third-order valence-corrected chi connectivity index (χ3v) is 3.18. The smallest absolute Gasteiger partial charge is 0.267 e. The fourth-order valence-corrected chi connectivity index (χ4v) is 1.92. The standard InChI is InChI=1S/C16H11ClFN3O2/c17-13-7-5-11(6-8-13)16-20-15(23-21-16)10-22-19-9-12-3-1-2-4-14(12)18/h1-9H,10H2/b19-9-. The van der Waals surface area contributed by atoms with Crippen LogP contribution in [-0.4, -0.2) is 16.4 Å². The largest absolute Gasteiger partial charge is 0.386 e. The molecule has 0 aliphatic carbocycles. The predicted octanol–water partition coefficient (Wildman–Crippen LogP) is 4.08. The first-order chi connectivity index (χ1) is 11.2. The van der Waals surface area contributed by atoms with Gasteiger partial charge in [-0.2, -0.15) is 4.98 Å². The molecule has 3 rings (SSSR count). The van der Waals surface area contributed by atoms with E-state index in [1.54, 1.807) is 42.5 Å². The van der Waals surface area contributed by atoms with E-state index in [1.807, 2.05) is 0 Å². The molecular weight excluding hydrogens is 321 g/mol. The number of hydrogen-bond donors (Lipinski definition) is 0. The van der Waals surface area contributed by atoms with Crippen molar-refractivity contribution in [3.05, 3.63) is 70.8 Å². The molecular formula is C16H11ClFN3O2. The highest BCUT2D eigenvalue weighted by Gasteiger charge is 2.08. The van der Waals surface area contributed by atoms with Crippen molar-refractivity contribution in [1.29, 1.82) is 0 Å². The molecule has 0 saturated heterocycles. The van der Waals surface area contributed by atoms with E-state index in [0.717, 1.165) is 5.56 Å². The highest BCUT2D eigenvalue weighted by molar-refractivity contribution is 6.30. The average Bonchev–Trinajstić information content (AvgIpc) is 3.03. The molecule has 0 aliphatic rings. The molecule has 0 radical (unpaired) electrons. The van der Waals surface area contributed by atoms with Crippen molar-refractivity contribution in [2.75, 3.05) is 0 Å². The zero-order chi connectivity index (χ0) is 16.1. The number of benzene rings is 2. The highest BCUT2D eigenvalue weighted by atomic mass is 35.5. The van der Waals surface area contributed by atoms with Crippen LogP contribution >= 0.6 is 11.6 Å². The van der Waals surface area contributed by atoms with Crippen molar-refractivity contribution in [1.82, 2.24) is 10.1 Å². The second-order valence-corrected chi connectivity index (χ2v) is 4.98. The molecule has 5 nitrogen and oxygen atoms in total. The monoisotopic (exact) mass is 331 g/mol. The lowest BCUT2D eigenvalue weighted by Gasteiger charge is -1.95. The van der Waals surface area contributed by atoms with Gasteiger partial charge >= 0.3 is 0 Å². The molecule has 7 heteroatoms. The highest BCUT2D eigenvalue weighted by Crippen LogP contribution is 2.18. The minimum atomic E-state index is -0.373. The summed E-state index contributed by atoms with van der Waals surface area (Å²) in [5, 5.41) is 8.16. The lowest BCUT2D eigenvalue weighted by atomic mass is 10.2. The summed E-state index contributed by atoms with van der Waals surface area (Å²) >= 11 is 5.82. The number of halogens is 2. The molecule has 0 fully saturated rings. The van der Waals surface area contributed by atoms with Crippen molar-refractivity contribution in [2.24, 2.45) is 5.16 Å². The van der Waals surface area contributed by atoms with Crippen LogP contribution < -0.4 is 0 Å². The van der Waals surface area contributed by atoms with Crippen molar-refractivity contribution in [3.8, 4) is 11.4 Å². The Balaban J connectivity index is 1.59. The Hall–Kier alpha value is -2.73. The molecule has 0 atom stereocenters. The van der Waals surface area contributed by atoms with E-state index in [0.29, 0.717) is 16.4 Å². The SMILES string of the molecule is Fc1ccccc1/C=N\OCc1nc(-c2ccc(Cl)cc2)no1. The fraction of sp³-hybridized carbons (Fsp3) is 0.0625. The minimum absolute atomic E-state index is 0.00839. The molecule has 1 aromatic heterocycles. The quantitative estimate of drug-likeness (QED) is 0.522. The number of hydrogen-bond acceptors (Lipinski definition) is 5. The Bertz CT molecular complexity index is 818. The van der Waals surface area contributed by atoms with Gasteiger partial charge in [0.15, 0.2) is 6.61 Å². The lowest BCUT2D eigenvalue weighted by Crippen LogP contribution is -1.91. The maximum atomic E-state index is 13.4. The van der Waals surface area contributed by atoms with E-state index in [2.05, 4.69) is 15.3 Å². The van der Waals surface area contributed by atoms with Gasteiger partial charge in [-0.1, -0.05) is 40.1 Å². The maximum absolute atomic E-state index is 13.4. The minimum Gasteiger partial charge on any atom is -0.386 e. The molecule has 0 spiro atoms. The van der Waals surface area contributed by atoms with E-state index < -0.39 is 0 Å². The Morgan fingerprint density at radius 1 is 1.17 bits per heavy atom. The van der Waals surface area contributed by atoms with Crippen LogP contribution in [-0.2, 0) is 11.4 Å². The van der Waals surface area contributed by atoms with Crippen LogP contribution in [0.5, 0.6) is 0 Å². The van der Waals surface area contributed by atoms with Crippen LogP contribution in [0.3, 0.4) is 0 Å². The average molecular weight is 332 g/mol. The Morgan fingerprint density at radius 2 is 1.96 bits per heavy atom. The van der Waals surface area contributed by atoms with Gasteiger partial charge in [0.2, 0.25) is 5.82 Å². The van der Waals surface area contributed by atoms with Gasteiger partial charge in [0.05, 0.1) is 6.21 Å². The van der Waals surface area contributed by atoms with Gasteiger partial charge in [0.1, 0.15) is 5.82 Å². The molecule has 0 N–H and O–H groups in total. The summed E-state index contributed by atoms with van der Waals surface area (Å²) in [6.45, 7) is -0.00839. The summed E-state index contributed by atoms with van der Waals surface area (Å²) in [6.07, 6.45) is 1.28. The molecule has 0 amide bonds. The molecule has 0 unspecified atom stereocenters. The van der Waals surface area contributed by atoms with Gasteiger partial charge < -0.3 is 9.36 Å². The molecule has 3 aromatic rings. The predicted molar refractivity (Wildman–Crippen MR) is 83.5 cm³/mol. The number of oxime groups is 1. The Morgan fingerprint density at radius 3 is 2.74 bits per heavy atom. The van der Waals surface area contributed by atoms with Crippen molar-refractivity contribution in [3.63, 3.8) is 0 Å². The second-order valence-electron chi connectivity index (χ2n) is 4.55. The van der Waals surface area contributed by atoms with Crippen molar-refractivity contribution in [2.45, 2.75) is 6.61 Å². The molecule has 0 aliphatic heterocycles. The molecule has 116 valence electrons. The van der Waals surface area contributed by atoms with Gasteiger partial charge in [0.25, 0.3) is 5.89 Å². The first-order valence-corrected chi connectivity index (χ1v) is 7.08. The van der Waals surface area contributed by atoms with E-state index in [9.17, 15) is 4.39 Å². The third kappa shape index (κ3) is 3.92. The molecule has 2 aromatic carbocycles. The molecule has 23 heavy (non-hydrogen) atoms. The van der Waals surface area contributed by atoms with Crippen molar-refractivity contribution < 1.29 is 13.8 Å². The van der Waals surface area contributed by atoms with Gasteiger partial charge in [-0.25, -0.2) is 4.39 Å². The molecule has 0 saturated carbocycles.